The van der Waals surface area contributed by atoms with Gasteiger partial charge in [0.2, 0.25) is 0 Å². The molecule has 0 aromatic rings. The van der Waals surface area contributed by atoms with E-state index in [0.29, 0.717) is 13.1 Å². The summed E-state index contributed by atoms with van der Waals surface area (Å²) >= 11 is 0. The molecule has 72 valence electrons. The van der Waals surface area contributed by atoms with Crippen LogP contribution in [0.5, 0.6) is 0 Å². The van der Waals surface area contributed by atoms with E-state index in [9.17, 15) is 9.59 Å². The second kappa shape index (κ2) is 2.95. The molecule has 2 rings (SSSR count). The summed E-state index contributed by atoms with van der Waals surface area (Å²) in [6.07, 6.45) is -0.275. The lowest BCUT2D eigenvalue weighted by atomic mass is 10.2. The third-order valence-electron chi connectivity index (χ3n) is 2.14. The van der Waals surface area contributed by atoms with Gasteiger partial charge in [0, 0.05) is 13.1 Å². The number of nitrogens with one attached hydrogen (secondary N) is 3. The summed E-state index contributed by atoms with van der Waals surface area (Å²) in [7, 11) is 0. The Morgan fingerprint density at radius 2 is 2.31 bits per heavy atom. The van der Waals surface area contributed by atoms with Crippen molar-refractivity contribution in [1.29, 1.82) is 0 Å². The Hall–Kier alpha value is -1.18. The smallest absolute Gasteiger partial charge is 0.331 e. The molecule has 2 atom stereocenters. The van der Waals surface area contributed by atoms with Crippen molar-refractivity contribution < 1.29 is 14.7 Å². The first-order valence-corrected chi connectivity index (χ1v) is 3.98. The van der Waals surface area contributed by atoms with Crippen molar-refractivity contribution >= 4 is 11.9 Å². The molecule has 0 aliphatic carbocycles. The number of carbonyl (C=O) groups is 2. The molecule has 1 amide bonds. The fraction of sp³-hybridized carbons (Fsp3) is 0.667. The number of amides is 1. The van der Waals surface area contributed by atoms with Gasteiger partial charge in [-0.2, -0.15) is 0 Å². The van der Waals surface area contributed by atoms with Gasteiger partial charge in [-0.1, -0.05) is 0 Å². The fourth-order valence-corrected chi connectivity index (χ4v) is 1.48. The van der Waals surface area contributed by atoms with Gasteiger partial charge in [0.05, 0.1) is 0 Å². The number of hydrogen-bond acceptors (Lipinski definition) is 5. The topological polar surface area (TPSA) is 93.7 Å². The van der Waals surface area contributed by atoms with E-state index in [1.165, 1.54) is 4.90 Å². The van der Waals surface area contributed by atoms with Crippen molar-refractivity contribution in [1.82, 2.24) is 21.1 Å². The summed E-state index contributed by atoms with van der Waals surface area (Å²) in [6, 6.07) is -1.17. The van der Waals surface area contributed by atoms with Gasteiger partial charge >= 0.3 is 5.97 Å². The largest absolute Gasteiger partial charge is 0.480 e. The molecule has 2 heterocycles. The summed E-state index contributed by atoms with van der Waals surface area (Å²) in [5.74, 6) is -1.57. The zero-order valence-electron chi connectivity index (χ0n) is 6.78. The second-order valence-electron chi connectivity index (χ2n) is 2.95. The van der Waals surface area contributed by atoms with Gasteiger partial charge in [-0.05, 0) is 0 Å². The van der Waals surface area contributed by atoms with Crippen LogP contribution in [0, 0.1) is 0 Å². The Morgan fingerprint density at radius 3 is 3.00 bits per heavy atom. The molecule has 2 fully saturated rings. The van der Waals surface area contributed by atoms with E-state index < -0.39 is 17.9 Å². The standard InChI is InChI=1S/C6H10N4O3/c11-4-3(5(12)13)8-9-6-7-1-2-10(4)6/h3,6-9H,1-2H2,(H,12,13). The predicted molar refractivity (Wildman–Crippen MR) is 41.2 cm³/mol. The van der Waals surface area contributed by atoms with Gasteiger partial charge in [0.15, 0.2) is 6.04 Å². The van der Waals surface area contributed by atoms with Gasteiger partial charge in [-0.3, -0.25) is 10.1 Å². The quantitative estimate of drug-likeness (QED) is 0.332. The molecule has 2 saturated heterocycles. The van der Waals surface area contributed by atoms with Crippen molar-refractivity contribution in [2.75, 3.05) is 13.1 Å². The van der Waals surface area contributed by atoms with Gasteiger partial charge in [0.1, 0.15) is 6.29 Å². The minimum Gasteiger partial charge on any atom is -0.480 e. The van der Waals surface area contributed by atoms with Gasteiger partial charge in [-0.25, -0.2) is 15.6 Å². The maximum atomic E-state index is 11.5. The van der Waals surface area contributed by atoms with Crippen molar-refractivity contribution in [3.8, 4) is 0 Å². The molecule has 7 nitrogen and oxygen atoms in total. The summed E-state index contributed by atoms with van der Waals surface area (Å²) in [5, 5.41) is 11.6. The number of carboxylic acid groups (broad SMARTS) is 1. The van der Waals surface area contributed by atoms with Crippen LogP contribution >= 0.6 is 0 Å². The van der Waals surface area contributed by atoms with E-state index in [1.54, 1.807) is 0 Å². The number of fused-ring (bicyclic) bond motifs is 1. The molecule has 0 aromatic heterocycles. The van der Waals surface area contributed by atoms with Gasteiger partial charge in [0.25, 0.3) is 5.91 Å². The molecule has 4 N–H and O–H groups in total. The number of aliphatic carboxylic acids is 1. The Bertz CT molecular complexity index is 256. The zero-order valence-corrected chi connectivity index (χ0v) is 6.78. The van der Waals surface area contributed by atoms with Gasteiger partial charge in [-0.15, -0.1) is 0 Å². The van der Waals surface area contributed by atoms with Gasteiger partial charge < -0.3 is 10.0 Å². The molecule has 7 heteroatoms. The average molecular weight is 186 g/mol. The first-order valence-electron chi connectivity index (χ1n) is 3.98. The molecular formula is C6H10N4O3. The van der Waals surface area contributed by atoms with Crippen LogP contribution < -0.4 is 16.2 Å². The van der Waals surface area contributed by atoms with Crippen LogP contribution in [-0.4, -0.2) is 47.3 Å². The highest BCUT2D eigenvalue weighted by atomic mass is 16.4. The Morgan fingerprint density at radius 1 is 1.54 bits per heavy atom. The molecule has 2 unspecified atom stereocenters. The number of hydrogen-bond donors (Lipinski definition) is 4. The van der Waals surface area contributed by atoms with E-state index in [2.05, 4.69) is 16.2 Å². The van der Waals surface area contributed by atoms with E-state index in [0.717, 1.165) is 0 Å². The van der Waals surface area contributed by atoms with Crippen LogP contribution in [0.1, 0.15) is 0 Å². The third-order valence-corrected chi connectivity index (χ3v) is 2.14. The van der Waals surface area contributed by atoms with Crippen LogP contribution in [-0.2, 0) is 9.59 Å². The highest BCUT2D eigenvalue weighted by molar-refractivity contribution is 6.01. The highest BCUT2D eigenvalue weighted by Gasteiger charge is 2.40. The summed E-state index contributed by atoms with van der Waals surface area (Å²) in [6.45, 7) is 1.22. The lowest BCUT2D eigenvalue weighted by molar-refractivity contribution is -0.152. The van der Waals surface area contributed by atoms with Crippen molar-refractivity contribution in [3.05, 3.63) is 0 Å². The first kappa shape index (κ1) is 8.42. The molecule has 13 heavy (non-hydrogen) atoms. The number of rotatable bonds is 1. The maximum absolute atomic E-state index is 11.5. The zero-order chi connectivity index (χ0) is 9.42. The molecule has 0 bridgehead atoms. The minimum absolute atomic E-state index is 0.275. The highest BCUT2D eigenvalue weighted by Crippen LogP contribution is 2.07. The van der Waals surface area contributed by atoms with E-state index in [4.69, 9.17) is 5.11 Å². The summed E-state index contributed by atoms with van der Waals surface area (Å²) < 4.78 is 0. The fourth-order valence-electron chi connectivity index (χ4n) is 1.48. The minimum atomic E-state index is -1.17. The average Bonchev–Trinajstić information content (AvgIpc) is 2.52. The van der Waals surface area contributed by atoms with Crippen LogP contribution in [0.2, 0.25) is 0 Å². The second-order valence-corrected chi connectivity index (χ2v) is 2.95. The number of carboxylic acids is 1. The number of carbonyl (C=O) groups excluding carboxylic acids is 1. The Labute approximate surface area is 74.0 Å². The molecular weight excluding hydrogens is 176 g/mol. The van der Waals surface area contributed by atoms with Crippen LogP contribution in [0.4, 0.5) is 0 Å². The van der Waals surface area contributed by atoms with E-state index in [1.807, 2.05) is 0 Å². The summed E-state index contributed by atoms with van der Waals surface area (Å²) in [5.41, 5.74) is 5.14. The first-order chi connectivity index (χ1) is 6.20. The normalized spacial score (nSPS) is 33.2. The van der Waals surface area contributed by atoms with Crippen LogP contribution in [0.3, 0.4) is 0 Å². The molecule has 2 aliphatic heterocycles. The van der Waals surface area contributed by atoms with E-state index in [-0.39, 0.29) is 6.29 Å². The number of hydrazine groups is 1. The molecule has 0 spiro atoms. The SMILES string of the molecule is O=C(O)C1NNC2NCCN2C1=O. The van der Waals surface area contributed by atoms with Crippen LogP contribution in [0.15, 0.2) is 0 Å². The Balaban J connectivity index is 2.13. The Kier molecular flexibility index (Phi) is 1.91. The third kappa shape index (κ3) is 1.26. The van der Waals surface area contributed by atoms with Crippen molar-refractivity contribution in [3.63, 3.8) is 0 Å². The molecule has 0 saturated carbocycles. The number of nitrogens with zero attached hydrogens (tertiary/aromatic N) is 1. The lowest BCUT2D eigenvalue weighted by Gasteiger charge is -2.33. The maximum Gasteiger partial charge on any atom is 0.331 e. The predicted octanol–water partition coefficient (Wildman–Crippen LogP) is -2.74. The molecule has 0 radical (unpaired) electrons. The summed E-state index contributed by atoms with van der Waals surface area (Å²) in [4.78, 5) is 23.5. The lowest BCUT2D eigenvalue weighted by Crippen LogP contribution is -2.69. The molecule has 2 aliphatic rings. The van der Waals surface area contributed by atoms with Crippen LogP contribution in [0.25, 0.3) is 0 Å². The monoisotopic (exact) mass is 186 g/mol. The van der Waals surface area contributed by atoms with Crippen molar-refractivity contribution in [2.24, 2.45) is 0 Å². The molecule has 0 aromatic carbocycles. The van der Waals surface area contributed by atoms with E-state index >= 15 is 0 Å². The van der Waals surface area contributed by atoms with Crippen molar-refractivity contribution in [2.45, 2.75) is 12.3 Å².